The molecule has 3 aromatic carbocycles. The Kier molecular flexibility index (Phi) is 12.0. The van der Waals surface area contributed by atoms with Crippen molar-refractivity contribution in [3.63, 3.8) is 0 Å². The van der Waals surface area contributed by atoms with Crippen LogP contribution in [0.1, 0.15) is 6.42 Å². The van der Waals surface area contributed by atoms with E-state index in [1.165, 1.54) is 15.9 Å². The van der Waals surface area contributed by atoms with Gasteiger partial charge >= 0.3 is 5.97 Å². The van der Waals surface area contributed by atoms with Gasteiger partial charge in [0.15, 0.2) is 0 Å². The third-order valence-corrected chi connectivity index (χ3v) is 8.69. The van der Waals surface area contributed by atoms with Crippen LogP contribution in [0, 0.1) is 0 Å². The zero-order valence-corrected chi connectivity index (χ0v) is 20.2. The Morgan fingerprint density at radius 2 is 0.926 bits per heavy atom. The van der Waals surface area contributed by atoms with E-state index in [-0.39, 0.29) is 57.4 Å². The molecule has 0 aliphatic carbocycles. The lowest BCUT2D eigenvalue weighted by molar-refractivity contribution is -0.136. The minimum atomic E-state index is -1.99. The van der Waals surface area contributed by atoms with Crippen LogP contribution in [-0.4, -0.2) is 17.2 Å². The zero-order valence-electron chi connectivity index (χ0n) is 14.5. The van der Waals surface area contributed by atoms with E-state index in [1.807, 2.05) is 54.6 Å². The van der Waals surface area contributed by atoms with Crippen molar-refractivity contribution in [3.8, 4) is 0 Å². The van der Waals surface area contributed by atoms with Crippen LogP contribution in [0.4, 0.5) is 0 Å². The first-order chi connectivity index (χ1) is 11.7. The SMILES string of the molecule is O=C(O)CC[P+](c1ccccc1)(c1ccccc1)c1ccccc1.[Br-].[Br-].[Br-]. The second-order valence-corrected chi connectivity index (χ2v) is 9.30. The fourth-order valence-corrected chi connectivity index (χ4v) is 7.38. The van der Waals surface area contributed by atoms with Gasteiger partial charge in [0.25, 0.3) is 0 Å². The molecule has 3 aromatic rings. The molecule has 6 heteroatoms. The molecule has 0 aromatic heterocycles. The number of hydrogen-bond acceptors (Lipinski definition) is 1. The fraction of sp³-hybridized carbons (Fsp3) is 0.0952. The van der Waals surface area contributed by atoms with Gasteiger partial charge in [0.05, 0.1) is 12.6 Å². The molecule has 0 heterocycles. The average molecular weight is 575 g/mol. The van der Waals surface area contributed by atoms with Crippen molar-refractivity contribution < 1.29 is 60.8 Å². The van der Waals surface area contributed by atoms with Gasteiger partial charge in [0, 0.05) is 0 Å². The van der Waals surface area contributed by atoms with Gasteiger partial charge in [-0.25, -0.2) is 0 Å². The third kappa shape index (κ3) is 5.99. The first-order valence-corrected chi connectivity index (χ1v) is 9.97. The normalized spacial score (nSPS) is 9.93. The fourth-order valence-electron chi connectivity index (χ4n) is 3.15. The number of carbonyl (C=O) groups is 1. The maximum atomic E-state index is 11.4. The number of carboxylic acids is 1. The highest BCUT2D eigenvalue weighted by Crippen LogP contribution is 2.55. The smallest absolute Gasteiger partial charge is 0.307 e. The highest BCUT2D eigenvalue weighted by Gasteiger charge is 2.45. The molecule has 0 spiro atoms. The van der Waals surface area contributed by atoms with Crippen LogP contribution in [0.5, 0.6) is 0 Å². The number of rotatable bonds is 6. The van der Waals surface area contributed by atoms with E-state index in [0.29, 0.717) is 6.16 Å². The van der Waals surface area contributed by atoms with Gasteiger partial charge in [0.1, 0.15) is 23.2 Å². The summed E-state index contributed by atoms with van der Waals surface area (Å²) in [4.78, 5) is 11.4. The van der Waals surface area contributed by atoms with E-state index in [4.69, 9.17) is 0 Å². The average Bonchev–Trinajstić information content (AvgIpc) is 2.65. The molecule has 144 valence electrons. The van der Waals surface area contributed by atoms with Crippen molar-refractivity contribution in [3.05, 3.63) is 91.0 Å². The van der Waals surface area contributed by atoms with E-state index >= 15 is 0 Å². The first kappa shape index (κ1) is 26.0. The molecular weight excluding hydrogens is 555 g/mol. The van der Waals surface area contributed by atoms with Crippen molar-refractivity contribution in [1.82, 2.24) is 0 Å². The maximum Gasteiger partial charge on any atom is 0.307 e. The third-order valence-electron chi connectivity index (χ3n) is 4.25. The summed E-state index contributed by atoms with van der Waals surface area (Å²) in [5.41, 5.74) is 0. The minimum absolute atomic E-state index is 0. The molecule has 0 aliphatic heterocycles. The Hall–Kier alpha value is -1.000. The maximum absolute atomic E-state index is 11.4. The van der Waals surface area contributed by atoms with Gasteiger partial charge in [-0.2, -0.15) is 0 Å². The molecule has 0 amide bonds. The van der Waals surface area contributed by atoms with Gasteiger partial charge in [-0.05, 0) is 36.4 Å². The molecule has 0 bridgehead atoms. The number of halogens is 3. The van der Waals surface area contributed by atoms with Crippen LogP contribution in [0.25, 0.3) is 0 Å². The number of benzene rings is 3. The molecule has 0 radical (unpaired) electrons. The van der Waals surface area contributed by atoms with E-state index < -0.39 is 13.2 Å². The van der Waals surface area contributed by atoms with E-state index in [1.54, 1.807) is 0 Å². The minimum Gasteiger partial charge on any atom is -1.00 e. The lowest BCUT2D eigenvalue weighted by Gasteiger charge is -2.27. The number of carboxylic acid groups (broad SMARTS) is 1. The molecule has 0 atom stereocenters. The van der Waals surface area contributed by atoms with Gasteiger partial charge in [-0.1, -0.05) is 54.6 Å². The summed E-state index contributed by atoms with van der Waals surface area (Å²) in [5.74, 6) is -0.748. The monoisotopic (exact) mass is 572 g/mol. The molecule has 3 rings (SSSR count). The quantitative estimate of drug-likeness (QED) is 0.299. The number of hydrogen-bond donors (Lipinski definition) is 1. The Balaban J connectivity index is 0.00000225. The van der Waals surface area contributed by atoms with Crippen LogP contribution in [0.2, 0.25) is 0 Å². The summed E-state index contributed by atoms with van der Waals surface area (Å²) in [5, 5.41) is 13.0. The summed E-state index contributed by atoms with van der Waals surface area (Å²) in [7, 11) is -1.99. The summed E-state index contributed by atoms with van der Waals surface area (Å²) >= 11 is 0. The molecular formula is C21H20Br3O2P-2. The Bertz CT molecular complexity index is 703. The molecule has 2 nitrogen and oxygen atoms in total. The highest BCUT2D eigenvalue weighted by atomic mass is 79.9. The topological polar surface area (TPSA) is 37.3 Å². The Labute approximate surface area is 192 Å². The largest absolute Gasteiger partial charge is 1.00 e. The summed E-state index contributed by atoms with van der Waals surface area (Å²) in [6.07, 6.45) is 0.785. The molecule has 1 N–H and O–H groups in total. The van der Waals surface area contributed by atoms with Crippen LogP contribution in [-0.2, 0) is 4.79 Å². The number of aliphatic carboxylic acids is 1. The zero-order chi connectivity index (χ0) is 16.8. The molecule has 27 heavy (non-hydrogen) atoms. The molecule has 0 aliphatic rings. The molecule has 0 saturated carbocycles. The van der Waals surface area contributed by atoms with Crippen LogP contribution in [0.15, 0.2) is 91.0 Å². The molecule has 0 unspecified atom stereocenters. The van der Waals surface area contributed by atoms with E-state index in [0.717, 1.165) is 0 Å². The lowest BCUT2D eigenvalue weighted by atomic mass is 10.4. The van der Waals surface area contributed by atoms with Crippen molar-refractivity contribution in [1.29, 1.82) is 0 Å². The molecule has 0 fully saturated rings. The predicted octanol–water partition coefficient (Wildman–Crippen LogP) is -5.53. The summed E-state index contributed by atoms with van der Waals surface area (Å²) in [6, 6.07) is 31.1. The Morgan fingerprint density at radius 1 is 0.630 bits per heavy atom. The summed E-state index contributed by atoms with van der Waals surface area (Å²) < 4.78 is 0. The Morgan fingerprint density at radius 3 is 1.19 bits per heavy atom. The van der Waals surface area contributed by atoms with Crippen molar-refractivity contribution in [2.45, 2.75) is 6.42 Å². The summed E-state index contributed by atoms with van der Waals surface area (Å²) in [6.45, 7) is 0. The van der Waals surface area contributed by atoms with Crippen molar-refractivity contribution in [2.24, 2.45) is 0 Å². The van der Waals surface area contributed by atoms with E-state index in [9.17, 15) is 9.90 Å². The highest BCUT2D eigenvalue weighted by molar-refractivity contribution is 7.95. The van der Waals surface area contributed by atoms with Crippen LogP contribution in [0.3, 0.4) is 0 Å². The van der Waals surface area contributed by atoms with Gasteiger partial charge in [-0.3, -0.25) is 4.79 Å². The second kappa shape index (κ2) is 12.5. The van der Waals surface area contributed by atoms with Gasteiger partial charge < -0.3 is 56.1 Å². The van der Waals surface area contributed by atoms with Gasteiger partial charge in [0.2, 0.25) is 0 Å². The predicted molar refractivity (Wildman–Crippen MR) is 102 cm³/mol. The first-order valence-electron chi connectivity index (χ1n) is 8.00. The van der Waals surface area contributed by atoms with E-state index in [2.05, 4.69) is 36.4 Å². The van der Waals surface area contributed by atoms with Crippen LogP contribution < -0.4 is 66.9 Å². The lowest BCUT2D eigenvalue weighted by Crippen LogP contribution is -3.00. The van der Waals surface area contributed by atoms with Crippen molar-refractivity contribution >= 4 is 29.1 Å². The van der Waals surface area contributed by atoms with Crippen molar-refractivity contribution in [2.75, 3.05) is 6.16 Å². The van der Waals surface area contributed by atoms with Crippen LogP contribution >= 0.6 is 7.26 Å². The standard InChI is InChI=1S/C21H19O2P.3BrH/c22-21(23)16-17-24(18-10-4-1-5-11-18,19-12-6-2-7-13-19)20-14-8-3-9-15-20;;;/h1-15H,16-17H2;3*1H/p-2. The second-order valence-electron chi connectivity index (χ2n) is 5.68. The molecule has 0 saturated heterocycles. The van der Waals surface area contributed by atoms with Gasteiger partial charge in [-0.15, -0.1) is 0 Å².